The minimum Gasteiger partial charge on any atom is -0.306 e. The molecule has 1 aliphatic heterocycles. The first kappa shape index (κ1) is 12.3. The van der Waals surface area contributed by atoms with Gasteiger partial charge in [-0.05, 0) is 45.0 Å². The standard InChI is InChI=1S/C14H18N4O/c1-17-6-3-11(4-7-17)9-18-10-16-13-8-15-5-2-12(13)14(18)19/h2,5,8,10-11H,3-4,6-7,9H2,1H3. The molecule has 1 saturated heterocycles. The topological polar surface area (TPSA) is 51.0 Å². The van der Waals surface area contributed by atoms with Gasteiger partial charge < -0.3 is 4.90 Å². The molecule has 1 aliphatic rings. The molecule has 0 radical (unpaired) electrons. The van der Waals surface area contributed by atoms with Gasteiger partial charge in [-0.2, -0.15) is 0 Å². The van der Waals surface area contributed by atoms with Gasteiger partial charge in [-0.1, -0.05) is 0 Å². The van der Waals surface area contributed by atoms with Crippen LogP contribution in [0.25, 0.3) is 10.9 Å². The fraction of sp³-hybridized carbons (Fsp3) is 0.500. The Hall–Kier alpha value is -1.75. The second kappa shape index (κ2) is 5.09. The van der Waals surface area contributed by atoms with Gasteiger partial charge in [0.25, 0.3) is 5.56 Å². The van der Waals surface area contributed by atoms with Gasteiger partial charge in [0, 0.05) is 12.7 Å². The van der Waals surface area contributed by atoms with Crippen LogP contribution >= 0.6 is 0 Å². The van der Waals surface area contributed by atoms with Crippen LogP contribution in [0.5, 0.6) is 0 Å². The van der Waals surface area contributed by atoms with Gasteiger partial charge in [0.15, 0.2) is 0 Å². The van der Waals surface area contributed by atoms with Crippen molar-refractivity contribution in [1.29, 1.82) is 0 Å². The SMILES string of the molecule is CN1CCC(Cn2cnc3cnccc3c2=O)CC1. The summed E-state index contributed by atoms with van der Waals surface area (Å²) in [6.07, 6.45) is 7.24. The van der Waals surface area contributed by atoms with Crippen LogP contribution in [0.2, 0.25) is 0 Å². The van der Waals surface area contributed by atoms with E-state index in [-0.39, 0.29) is 5.56 Å². The minimum absolute atomic E-state index is 0.0475. The normalized spacial score (nSPS) is 17.9. The van der Waals surface area contributed by atoms with Gasteiger partial charge in [-0.3, -0.25) is 14.3 Å². The molecule has 0 amide bonds. The van der Waals surface area contributed by atoms with Crippen LogP contribution in [0.3, 0.4) is 0 Å². The van der Waals surface area contributed by atoms with Crippen LogP contribution in [0.15, 0.2) is 29.6 Å². The quantitative estimate of drug-likeness (QED) is 0.810. The van der Waals surface area contributed by atoms with Gasteiger partial charge in [0.2, 0.25) is 0 Å². The maximum Gasteiger partial charge on any atom is 0.261 e. The smallest absolute Gasteiger partial charge is 0.261 e. The summed E-state index contributed by atoms with van der Waals surface area (Å²) in [4.78, 5) is 23.0. The lowest BCUT2D eigenvalue weighted by molar-refractivity contribution is 0.204. The van der Waals surface area contributed by atoms with Crippen LogP contribution in [0.1, 0.15) is 12.8 Å². The van der Waals surface area contributed by atoms with E-state index in [1.807, 2.05) is 0 Å². The summed E-state index contributed by atoms with van der Waals surface area (Å²) in [5, 5.41) is 0.658. The summed E-state index contributed by atoms with van der Waals surface area (Å²) < 4.78 is 1.75. The number of likely N-dealkylation sites (tertiary alicyclic amines) is 1. The largest absolute Gasteiger partial charge is 0.306 e. The number of hydrogen-bond acceptors (Lipinski definition) is 4. The summed E-state index contributed by atoms with van der Waals surface area (Å²) in [7, 11) is 2.15. The molecule has 1 fully saturated rings. The minimum atomic E-state index is 0.0475. The molecule has 2 aromatic heterocycles. The lowest BCUT2D eigenvalue weighted by Crippen LogP contribution is -2.34. The molecule has 0 aromatic carbocycles. The number of nitrogens with zero attached hydrogens (tertiary/aromatic N) is 4. The molecule has 0 saturated carbocycles. The predicted molar refractivity (Wildman–Crippen MR) is 74.0 cm³/mol. The van der Waals surface area contributed by atoms with E-state index < -0.39 is 0 Å². The van der Waals surface area contributed by atoms with Crippen molar-refractivity contribution in [2.45, 2.75) is 19.4 Å². The lowest BCUT2D eigenvalue weighted by atomic mass is 9.97. The van der Waals surface area contributed by atoms with E-state index in [9.17, 15) is 4.79 Å². The second-order valence-electron chi connectivity index (χ2n) is 5.34. The average Bonchev–Trinajstić information content (AvgIpc) is 2.45. The lowest BCUT2D eigenvalue weighted by Gasteiger charge is -2.29. The van der Waals surface area contributed by atoms with Crippen molar-refractivity contribution in [1.82, 2.24) is 19.4 Å². The molecular formula is C14H18N4O. The molecule has 0 spiro atoms. The Bertz CT molecular complexity index is 629. The van der Waals surface area contributed by atoms with Crippen LogP contribution in [0, 0.1) is 5.92 Å². The van der Waals surface area contributed by atoms with E-state index in [1.54, 1.807) is 29.4 Å². The molecular weight excluding hydrogens is 240 g/mol. The van der Waals surface area contributed by atoms with Crippen LogP contribution in [-0.2, 0) is 6.54 Å². The summed E-state index contributed by atoms with van der Waals surface area (Å²) in [6.45, 7) is 3.01. The Morgan fingerprint density at radius 3 is 2.95 bits per heavy atom. The first-order valence-electron chi connectivity index (χ1n) is 6.72. The highest BCUT2D eigenvalue weighted by molar-refractivity contribution is 5.75. The Morgan fingerprint density at radius 2 is 2.16 bits per heavy atom. The zero-order valence-electron chi connectivity index (χ0n) is 11.1. The predicted octanol–water partition coefficient (Wildman–Crippen LogP) is 1.13. The first-order chi connectivity index (χ1) is 9.24. The van der Waals surface area contributed by atoms with Crippen molar-refractivity contribution in [3.05, 3.63) is 35.1 Å². The second-order valence-corrected chi connectivity index (χ2v) is 5.34. The van der Waals surface area contributed by atoms with Crippen molar-refractivity contribution in [3.8, 4) is 0 Å². The number of rotatable bonds is 2. The molecule has 2 aromatic rings. The van der Waals surface area contributed by atoms with Gasteiger partial charge in [-0.15, -0.1) is 0 Å². The maximum atomic E-state index is 12.4. The molecule has 0 aliphatic carbocycles. The molecule has 0 bridgehead atoms. The van der Waals surface area contributed by atoms with Crippen LogP contribution < -0.4 is 5.56 Å². The zero-order valence-corrected chi connectivity index (χ0v) is 11.1. The van der Waals surface area contributed by atoms with Crippen molar-refractivity contribution in [2.24, 2.45) is 5.92 Å². The Labute approximate surface area is 111 Å². The summed E-state index contributed by atoms with van der Waals surface area (Å²) in [6, 6.07) is 1.75. The van der Waals surface area contributed by atoms with Gasteiger partial charge >= 0.3 is 0 Å². The van der Waals surface area contributed by atoms with E-state index in [1.165, 1.54) is 0 Å². The zero-order chi connectivity index (χ0) is 13.2. The van der Waals surface area contributed by atoms with Crippen molar-refractivity contribution in [2.75, 3.05) is 20.1 Å². The fourth-order valence-corrected chi connectivity index (χ4v) is 2.66. The number of piperidine rings is 1. The van der Waals surface area contributed by atoms with E-state index in [2.05, 4.69) is 21.9 Å². The number of hydrogen-bond donors (Lipinski definition) is 0. The molecule has 0 atom stereocenters. The van der Waals surface area contributed by atoms with Gasteiger partial charge in [-0.25, -0.2) is 4.98 Å². The van der Waals surface area contributed by atoms with Crippen molar-refractivity contribution >= 4 is 10.9 Å². The van der Waals surface area contributed by atoms with E-state index >= 15 is 0 Å². The highest BCUT2D eigenvalue weighted by Gasteiger charge is 2.17. The van der Waals surface area contributed by atoms with Crippen LogP contribution in [0.4, 0.5) is 0 Å². The summed E-state index contributed by atoms with van der Waals surface area (Å²) in [5.74, 6) is 0.579. The molecule has 100 valence electrons. The average molecular weight is 258 g/mol. The van der Waals surface area contributed by atoms with E-state index in [0.717, 1.165) is 32.5 Å². The highest BCUT2D eigenvalue weighted by atomic mass is 16.1. The number of fused-ring (bicyclic) bond motifs is 1. The van der Waals surface area contributed by atoms with E-state index in [0.29, 0.717) is 16.8 Å². The molecule has 5 nitrogen and oxygen atoms in total. The Morgan fingerprint density at radius 1 is 1.37 bits per heavy atom. The van der Waals surface area contributed by atoms with E-state index in [4.69, 9.17) is 0 Å². The highest BCUT2D eigenvalue weighted by Crippen LogP contribution is 2.17. The maximum absolute atomic E-state index is 12.4. The third kappa shape index (κ3) is 2.51. The number of aromatic nitrogens is 3. The number of pyridine rings is 1. The molecule has 5 heteroatoms. The fourth-order valence-electron chi connectivity index (χ4n) is 2.66. The monoisotopic (exact) mass is 258 g/mol. The van der Waals surface area contributed by atoms with Gasteiger partial charge in [0.05, 0.1) is 23.4 Å². The summed E-state index contributed by atoms with van der Waals surface area (Å²) >= 11 is 0. The van der Waals surface area contributed by atoms with Gasteiger partial charge in [0.1, 0.15) is 0 Å². The third-order valence-corrected chi connectivity index (χ3v) is 3.92. The Kier molecular flexibility index (Phi) is 3.29. The molecule has 3 heterocycles. The third-order valence-electron chi connectivity index (χ3n) is 3.92. The molecule has 0 N–H and O–H groups in total. The first-order valence-corrected chi connectivity index (χ1v) is 6.72. The molecule has 0 unspecified atom stereocenters. The van der Waals surface area contributed by atoms with Crippen LogP contribution in [-0.4, -0.2) is 39.6 Å². The van der Waals surface area contributed by atoms with Crippen molar-refractivity contribution < 1.29 is 0 Å². The molecule has 19 heavy (non-hydrogen) atoms. The summed E-state index contributed by atoms with van der Waals surface area (Å²) in [5.41, 5.74) is 0.721. The van der Waals surface area contributed by atoms with Crippen molar-refractivity contribution in [3.63, 3.8) is 0 Å². The molecule has 3 rings (SSSR count). The Balaban J connectivity index is 1.85.